The van der Waals surface area contributed by atoms with Gasteiger partial charge in [0.15, 0.2) is 0 Å². The Balaban J connectivity index is 1.08. The van der Waals surface area contributed by atoms with Gasteiger partial charge in [0.25, 0.3) is 0 Å². The number of carboxylic acid groups (broad SMARTS) is 1. The van der Waals surface area contributed by atoms with Crippen LogP contribution in [-0.4, -0.2) is 75.5 Å². The van der Waals surface area contributed by atoms with Gasteiger partial charge >= 0.3 is 12.1 Å². The minimum Gasteiger partial charge on any atom is -0.478 e. The molecule has 0 spiro atoms. The lowest BCUT2D eigenvalue weighted by Gasteiger charge is -2.72. The van der Waals surface area contributed by atoms with E-state index in [1.54, 1.807) is 12.1 Å². The van der Waals surface area contributed by atoms with Crippen LogP contribution in [0.4, 0.5) is 4.79 Å². The highest BCUT2D eigenvalue weighted by molar-refractivity contribution is 8.24. The molecule has 6 aliphatic rings. The molecule has 1 heterocycles. The molecule has 0 radical (unpaired) electrons. The topological polar surface area (TPSA) is 119 Å². The average molecular weight is 751 g/mol. The van der Waals surface area contributed by atoms with E-state index in [2.05, 4.69) is 64.4 Å². The lowest BCUT2D eigenvalue weighted by Crippen LogP contribution is -2.66. The Hall–Kier alpha value is -2.33. The van der Waals surface area contributed by atoms with Crippen LogP contribution in [0.15, 0.2) is 42.5 Å². The number of fused-ring (bicyclic) bond motifs is 7. The van der Waals surface area contributed by atoms with Crippen molar-refractivity contribution >= 4 is 28.2 Å². The van der Waals surface area contributed by atoms with Crippen molar-refractivity contribution in [1.82, 2.24) is 10.2 Å². The Bertz CT molecular complexity index is 1630. The second kappa shape index (κ2) is 13.7. The highest BCUT2D eigenvalue weighted by atomic mass is 32.3. The summed E-state index contributed by atoms with van der Waals surface area (Å²) in [6.07, 6.45) is 12.7. The Kier molecular flexibility index (Phi) is 10.1. The molecule has 1 saturated heterocycles. The molecule has 294 valence electrons. The van der Waals surface area contributed by atoms with Crippen LogP contribution in [0.3, 0.4) is 0 Å². The monoisotopic (exact) mass is 750 g/mol. The number of aromatic carboxylic acids is 1. The minimum atomic E-state index is -2.43. The van der Waals surface area contributed by atoms with Gasteiger partial charge < -0.3 is 15.2 Å². The van der Waals surface area contributed by atoms with Gasteiger partial charge in [0.1, 0.15) is 6.61 Å². The normalized spacial score (nSPS) is 40.7. The van der Waals surface area contributed by atoms with Crippen molar-refractivity contribution in [2.45, 2.75) is 99.3 Å². The summed E-state index contributed by atoms with van der Waals surface area (Å²) < 4.78 is 25.5. The van der Waals surface area contributed by atoms with Gasteiger partial charge in [-0.1, -0.05) is 65.0 Å². The number of ether oxygens (including phenoxy) is 1. The van der Waals surface area contributed by atoms with E-state index in [-0.39, 0.29) is 33.2 Å². The molecule has 0 aromatic heterocycles. The van der Waals surface area contributed by atoms with Crippen LogP contribution in [0.1, 0.15) is 115 Å². The van der Waals surface area contributed by atoms with Crippen molar-refractivity contribution in [2.24, 2.45) is 56.7 Å². The molecule has 9 heteroatoms. The number of carboxylic acids is 1. The molecule has 0 unspecified atom stereocenters. The van der Waals surface area contributed by atoms with Crippen LogP contribution in [0.25, 0.3) is 5.57 Å². The first kappa shape index (κ1) is 38.9. The second-order valence-corrected chi connectivity index (χ2v) is 21.9. The highest BCUT2D eigenvalue weighted by Gasteiger charge is 2.70. The molecular weight excluding hydrogens is 685 g/mol. The smallest absolute Gasteiger partial charge is 0.407 e. The van der Waals surface area contributed by atoms with E-state index in [4.69, 9.17) is 4.74 Å². The van der Waals surface area contributed by atoms with Gasteiger partial charge in [0, 0.05) is 26.2 Å². The third-order valence-corrected chi connectivity index (χ3v) is 18.6. The van der Waals surface area contributed by atoms with Crippen LogP contribution in [-0.2, 0) is 4.74 Å². The van der Waals surface area contributed by atoms with Gasteiger partial charge in [-0.25, -0.2) is 9.59 Å². The van der Waals surface area contributed by atoms with E-state index >= 15 is 0 Å². The number of carbonyl (C=O) groups excluding carboxylic acids is 1. The zero-order chi connectivity index (χ0) is 38.2. The largest absolute Gasteiger partial charge is 0.478 e. The molecule has 1 amide bonds. The van der Waals surface area contributed by atoms with Crippen LogP contribution in [0.5, 0.6) is 0 Å². The number of nitrogens with zero attached hydrogens (tertiary/aromatic N) is 1. The molecule has 1 aromatic rings. The fraction of sp³-hybridized carbons (Fsp3) is 0.727. The van der Waals surface area contributed by atoms with Gasteiger partial charge in [-0.2, -0.15) is 10.6 Å². The first-order valence-corrected chi connectivity index (χ1v) is 22.3. The summed E-state index contributed by atoms with van der Waals surface area (Å²) in [4.78, 5) is 26.8. The minimum absolute atomic E-state index is 0.0191. The maximum Gasteiger partial charge on any atom is 0.407 e. The van der Waals surface area contributed by atoms with E-state index in [0.717, 1.165) is 31.2 Å². The molecular formula is C44H66N2O6S. The Morgan fingerprint density at radius 2 is 1.62 bits per heavy atom. The number of amides is 1. The maximum atomic E-state index is 13.1. The SMILES string of the molecule is C=C(C)[C@@H]1CC[C@]2(CNC(=O)OCCN3CCS(O)(O)CC3)CC[C@]3(C)[C@H](CC[C@@H]4[C@@]5(C)CC=C(c6ccc(C(=O)O)cc6)C(C)(C)[C@@H]5CC[C@]43C)[C@@H]12. The summed E-state index contributed by atoms with van der Waals surface area (Å²) in [6, 6.07) is 7.53. The third-order valence-electron chi connectivity index (χ3n) is 17.0. The van der Waals surface area contributed by atoms with Gasteiger partial charge in [-0.15, -0.1) is 0 Å². The number of alkyl carbamates (subject to hydrolysis) is 1. The van der Waals surface area contributed by atoms with Crippen molar-refractivity contribution < 1.29 is 28.5 Å². The predicted molar refractivity (Wildman–Crippen MR) is 214 cm³/mol. The Labute approximate surface area is 319 Å². The summed E-state index contributed by atoms with van der Waals surface area (Å²) in [5, 5.41) is 12.8. The van der Waals surface area contributed by atoms with Crippen molar-refractivity contribution in [2.75, 3.05) is 44.3 Å². The average Bonchev–Trinajstić information content (AvgIpc) is 3.49. The number of hydrogen-bond donors (Lipinski definition) is 4. The predicted octanol–water partition coefficient (Wildman–Crippen LogP) is 9.83. The van der Waals surface area contributed by atoms with Crippen molar-refractivity contribution in [3.63, 3.8) is 0 Å². The molecule has 8 nitrogen and oxygen atoms in total. The van der Waals surface area contributed by atoms with Crippen molar-refractivity contribution in [3.8, 4) is 0 Å². The molecule has 4 N–H and O–H groups in total. The van der Waals surface area contributed by atoms with Gasteiger partial charge in [-0.05, 0) is 145 Å². The molecule has 1 aromatic carbocycles. The van der Waals surface area contributed by atoms with E-state index in [0.29, 0.717) is 79.4 Å². The number of hydrogen-bond acceptors (Lipinski definition) is 6. The lowest BCUT2D eigenvalue weighted by atomic mass is 9.32. The maximum absolute atomic E-state index is 13.1. The van der Waals surface area contributed by atoms with Gasteiger partial charge in [0.05, 0.1) is 17.1 Å². The zero-order valence-corrected chi connectivity index (χ0v) is 34.0. The molecule has 9 atom stereocenters. The van der Waals surface area contributed by atoms with E-state index < -0.39 is 16.6 Å². The van der Waals surface area contributed by atoms with E-state index in [1.807, 2.05) is 12.1 Å². The van der Waals surface area contributed by atoms with E-state index in [9.17, 15) is 23.8 Å². The van der Waals surface area contributed by atoms with Gasteiger partial charge in [-0.3, -0.25) is 14.0 Å². The fourth-order valence-electron chi connectivity index (χ4n) is 14.0. The number of allylic oxidation sites excluding steroid dienone is 3. The zero-order valence-electron chi connectivity index (χ0n) is 33.2. The lowest BCUT2D eigenvalue weighted by molar-refractivity contribution is -0.225. The number of carbonyl (C=O) groups is 2. The van der Waals surface area contributed by atoms with Crippen LogP contribution in [0.2, 0.25) is 0 Å². The number of nitrogens with one attached hydrogen (secondary N) is 1. The van der Waals surface area contributed by atoms with Crippen molar-refractivity contribution in [1.29, 1.82) is 0 Å². The van der Waals surface area contributed by atoms with Crippen molar-refractivity contribution in [3.05, 3.63) is 53.6 Å². The Morgan fingerprint density at radius 1 is 0.925 bits per heavy atom. The molecule has 1 aliphatic heterocycles. The van der Waals surface area contributed by atoms with Crippen LogP contribution >= 0.6 is 10.6 Å². The fourth-order valence-corrected chi connectivity index (χ4v) is 15.3. The molecule has 0 bridgehead atoms. The number of rotatable bonds is 8. The molecule has 5 aliphatic carbocycles. The second-order valence-electron chi connectivity index (χ2n) is 19.5. The van der Waals surface area contributed by atoms with Crippen LogP contribution in [0, 0.1) is 56.7 Å². The molecule has 4 saturated carbocycles. The summed E-state index contributed by atoms with van der Waals surface area (Å²) in [6.45, 7) is 22.4. The Morgan fingerprint density at radius 3 is 2.28 bits per heavy atom. The quantitative estimate of drug-likeness (QED) is 0.195. The third kappa shape index (κ3) is 6.41. The summed E-state index contributed by atoms with van der Waals surface area (Å²) in [5.41, 5.74) is 4.81. The molecule has 7 rings (SSSR count). The first-order chi connectivity index (χ1) is 24.9. The molecule has 5 fully saturated rings. The summed E-state index contributed by atoms with van der Waals surface area (Å²) in [5.74, 6) is 2.65. The number of benzene rings is 1. The molecule has 53 heavy (non-hydrogen) atoms. The van der Waals surface area contributed by atoms with Gasteiger partial charge in [0.2, 0.25) is 0 Å². The highest BCUT2D eigenvalue weighted by Crippen LogP contribution is 2.77. The van der Waals surface area contributed by atoms with E-state index in [1.165, 1.54) is 43.3 Å². The summed E-state index contributed by atoms with van der Waals surface area (Å²) in [7, 11) is -2.43. The standard InChI is InChI=1S/C44H66N2O6S/c1-29(2)32-14-19-44(28-45-39(49)52-25-22-46-23-26-53(50,51)27-24-46)21-20-42(6)34(37(32)44)12-13-36-41(5)17-15-33(30-8-10-31(11-9-30)38(47)48)40(3,4)35(41)16-18-43(36,42)7/h8-11,15,32,34-37,50-51H,1,12-14,16-28H2,2-7H3,(H,45,49)(H,47,48)/t32-,34+,35-,36+,37+,41-,42+,43+,44+/m0/s1. The first-order valence-electron chi connectivity index (χ1n) is 20.4. The summed E-state index contributed by atoms with van der Waals surface area (Å²) >= 11 is 0. The van der Waals surface area contributed by atoms with Crippen LogP contribution < -0.4 is 5.32 Å².